The molecule has 0 fully saturated rings. The minimum Gasteiger partial charge on any atom is -0.396 e. The molecule has 0 bridgehead atoms. The summed E-state index contributed by atoms with van der Waals surface area (Å²) in [6.45, 7) is 4.25. The van der Waals surface area contributed by atoms with Gasteiger partial charge in [0.1, 0.15) is 0 Å². The maximum Gasteiger partial charge on any atom is 0.0804 e. The van der Waals surface area contributed by atoms with Crippen molar-refractivity contribution in [3.05, 3.63) is 35.4 Å². The van der Waals surface area contributed by atoms with Gasteiger partial charge in [0.05, 0.1) is 6.10 Å². The number of unbranched alkanes of at least 4 members (excludes halogenated alkanes) is 2. The highest BCUT2D eigenvalue weighted by Crippen LogP contribution is 2.20. The Kier molecular flexibility index (Phi) is 7.72. The van der Waals surface area contributed by atoms with Crippen molar-refractivity contribution < 1.29 is 10.2 Å². The topological polar surface area (TPSA) is 43.7 Å². The molecule has 0 heterocycles. The number of aliphatic hydroxyl groups excluding tert-OH is 2. The van der Waals surface area contributed by atoms with E-state index in [9.17, 15) is 5.11 Å². The highest BCUT2D eigenvalue weighted by Gasteiger charge is 2.10. The molecule has 3 heteroatoms. The highest BCUT2D eigenvalue weighted by molar-refractivity contribution is 5.27. The summed E-state index contributed by atoms with van der Waals surface area (Å²) < 4.78 is 0. The molecule has 0 saturated carbocycles. The largest absolute Gasteiger partial charge is 0.396 e. The number of benzene rings is 1. The van der Waals surface area contributed by atoms with Crippen molar-refractivity contribution in [3.63, 3.8) is 0 Å². The van der Waals surface area contributed by atoms with Gasteiger partial charge in [-0.3, -0.25) is 0 Å². The molecule has 0 radical (unpaired) electrons. The molecule has 19 heavy (non-hydrogen) atoms. The summed E-state index contributed by atoms with van der Waals surface area (Å²) >= 11 is 0. The smallest absolute Gasteiger partial charge is 0.0804 e. The van der Waals surface area contributed by atoms with Crippen molar-refractivity contribution in [3.8, 4) is 0 Å². The van der Waals surface area contributed by atoms with Crippen molar-refractivity contribution in [2.24, 2.45) is 0 Å². The minimum atomic E-state index is -0.374. The molecule has 1 aromatic carbocycles. The first kappa shape index (κ1) is 16.2. The Hall–Kier alpha value is -0.900. The second kappa shape index (κ2) is 9.08. The van der Waals surface area contributed by atoms with Gasteiger partial charge in [-0.05, 0) is 57.3 Å². The zero-order valence-corrected chi connectivity index (χ0v) is 12.2. The predicted octanol–water partition coefficient (Wildman–Crippen LogP) is 2.51. The lowest BCUT2D eigenvalue weighted by molar-refractivity contribution is 0.148. The third kappa shape index (κ3) is 6.19. The Morgan fingerprint density at radius 2 is 1.84 bits per heavy atom. The summed E-state index contributed by atoms with van der Waals surface area (Å²) in [6, 6.07) is 8.02. The standard InChI is InChI=1S/C16H27NO2/c1-14-8-4-5-9-15(14)16(19)10-12-17(2)11-6-3-7-13-18/h4-5,8-9,16,18-19H,3,6-7,10-13H2,1-2H3. The second-order valence-electron chi connectivity index (χ2n) is 5.25. The third-order valence-electron chi connectivity index (χ3n) is 3.53. The zero-order chi connectivity index (χ0) is 14.1. The van der Waals surface area contributed by atoms with E-state index in [4.69, 9.17) is 5.11 Å². The fourth-order valence-corrected chi connectivity index (χ4v) is 2.24. The van der Waals surface area contributed by atoms with Gasteiger partial charge in [0.15, 0.2) is 0 Å². The van der Waals surface area contributed by atoms with Crippen LogP contribution < -0.4 is 0 Å². The Morgan fingerprint density at radius 3 is 2.53 bits per heavy atom. The lowest BCUT2D eigenvalue weighted by Crippen LogP contribution is -2.22. The number of hydrogen-bond donors (Lipinski definition) is 2. The van der Waals surface area contributed by atoms with Gasteiger partial charge in [0.2, 0.25) is 0 Å². The molecule has 1 atom stereocenters. The van der Waals surface area contributed by atoms with Crippen LogP contribution in [0.4, 0.5) is 0 Å². The normalized spacial score (nSPS) is 12.9. The van der Waals surface area contributed by atoms with E-state index in [-0.39, 0.29) is 12.7 Å². The van der Waals surface area contributed by atoms with E-state index in [2.05, 4.69) is 11.9 Å². The summed E-state index contributed by atoms with van der Waals surface area (Å²) in [5.74, 6) is 0. The molecule has 108 valence electrons. The molecule has 0 spiro atoms. The van der Waals surface area contributed by atoms with Crippen LogP contribution in [0.3, 0.4) is 0 Å². The van der Waals surface area contributed by atoms with Gasteiger partial charge in [-0.25, -0.2) is 0 Å². The fourth-order valence-electron chi connectivity index (χ4n) is 2.24. The first-order valence-electron chi connectivity index (χ1n) is 7.18. The lowest BCUT2D eigenvalue weighted by atomic mass is 10.0. The van der Waals surface area contributed by atoms with Crippen molar-refractivity contribution >= 4 is 0 Å². The van der Waals surface area contributed by atoms with E-state index in [1.165, 1.54) is 0 Å². The van der Waals surface area contributed by atoms with Gasteiger partial charge in [0.25, 0.3) is 0 Å². The van der Waals surface area contributed by atoms with Gasteiger partial charge in [-0.1, -0.05) is 24.3 Å². The third-order valence-corrected chi connectivity index (χ3v) is 3.53. The quantitative estimate of drug-likeness (QED) is 0.674. The first-order valence-corrected chi connectivity index (χ1v) is 7.18. The van der Waals surface area contributed by atoms with E-state index in [1.54, 1.807) is 0 Å². The molecule has 0 aliphatic heterocycles. The SMILES string of the molecule is Cc1ccccc1C(O)CCN(C)CCCCCO. The van der Waals surface area contributed by atoms with Gasteiger partial charge in [0, 0.05) is 13.2 Å². The monoisotopic (exact) mass is 265 g/mol. The Bertz CT molecular complexity index is 354. The van der Waals surface area contributed by atoms with E-state index in [0.717, 1.165) is 49.9 Å². The molecule has 2 N–H and O–H groups in total. The fraction of sp³-hybridized carbons (Fsp3) is 0.625. The molecule has 3 nitrogen and oxygen atoms in total. The summed E-state index contributed by atoms with van der Waals surface area (Å²) in [5, 5.41) is 18.9. The van der Waals surface area contributed by atoms with Crippen LogP contribution in [-0.2, 0) is 0 Å². The second-order valence-corrected chi connectivity index (χ2v) is 5.25. The molecular formula is C16H27NO2. The molecule has 1 rings (SSSR count). The van der Waals surface area contributed by atoms with Crippen LogP contribution in [0.5, 0.6) is 0 Å². The van der Waals surface area contributed by atoms with E-state index >= 15 is 0 Å². The number of nitrogens with zero attached hydrogens (tertiary/aromatic N) is 1. The molecule has 0 aliphatic rings. The van der Waals surface area contributed by atoms with Gasteiger partial charge in [-0.2, -0.15) is 0 Å². The Morgan fingerprint density at radius 1 is 1.11 bits per heavy atom. The number of aliphatic hydroxyl groups is 2. The molecule has 1 unspecified atom stereocenters. The zero-order valence-electron chi connectivity index (χ0n) is 12.2. The van der Waals surface area contributed by atoms with Crippen LogP contribution in [0.2, 0.25) is 0 Å². The first-order chi connectivity index (χ1) is 9.15. The van der Waals surface area contributed by atoms with E-state index in [1.807, 2.05) is 31.2 Å². The average molecular weight is 265 g/mol. The van der Waals surface area contributed by atoms with Crippen molar-refractivity contribution in [2.45, 2.75) is 38.7 Å². The van der Waals surface area contributed by atoms with Gasteiger partial charge >= 0.3 is 0 Å². The average Bonchev–Trinajstić information content (AvgIpc) is 2.41. The van der Waals surface area contributed by atoms with Crippen LogP contribution in [0.25, 0.3) is 0 Å². The van der Waals surface area contributed by atoms with Gasteiger partial charge in [-0.15, -0.1) is 0 Å². The number of hydrogen-bond acceptors (Lipinski definition) is 3. The van der Waals surface area contributed by atoms with Crippen LogP contribution in [0, 0.1) is 6.92 Å². The molecule has 0 amide bonds. The molecular weight excluding hydrogens is 238 g/mol. The minimum absolute atomic E-state index is 0.287. The molecule has 0 aliphatic carbocycles. The summed E-state index contributed by atoms with van der Waals surface area (Å²) in [7, 11) is 2.09. The predicted molar refractivity (Wildman–Crippen MR) is 79.2 cm³/mol. The Labute approximate surface area is 116 Å². The highest BCUT2D eigenvalue weighted by atomic mass is 16.3. The van der Waals surface area contributed by atoms with E-state index in [0.29, 0.717) is 0 Å². The van der Waals surface area contributed by atoms with Crippen molar-refractivity contribution in [1.29, 1.82) is 0 Å². The maximum absolute atomic E-state index is 10.2. The van der Waals surface area contributed by atoms with E-state index < -0.39 is 0 Å². The molecule has 1 aromatic rings. The lowest BCUT2D eigenvalue weighted by Gasteiger charge is -2.19. The van der Waals surface area contributed by atoms with Gasteiger partial charge < -0.3 is 15.1 Å². The summed E-state index contributed by atoms with van der Waals surface area (Å²) in [6.07, 6.45) is 3.46. The van der Waals surface area contributed by atoms with Crippen molar-refractivity contribution in [2.75, 3.05) is 26.7 Å². The molecule has 0 aromatic heterocycles. The van der Waals surface area contributed by atoms with Crippen LogP contribution in [0.1, 0.15) is 42.9 Å². The number of aryl methyl sites for hydroxylation is 1. The van der Waals surface area contributed by atoms with Crippen LogP contribution in [0.15, 0.2) is 24.3 Å². The summed E-state index contributed by atoms with van der Waals surface area (Å²) in [4.78, 5) is 2.25. The number of rotatable bonds is 9. The summed E-state index contributed by atoms with van der Waals surface area (Å²) in [5.41, 5.74) is 2.19. The van der Waals surface area contributed by atoms with Crippen LogP contribution in [-0.4, -0.2) is 41.9 Å². The van der Waals surface area contributed by atoms with Crippen LogP contribution >= 0.6 is 0 Å². The van der Waals surface area contributed by atoms with Crippen molar-refractivity contribution in [1.82, 2.24) is 4.90 Å². The Balaban J connectivity index is 2.26. The maximum atomic E-state index is 10.2. The molecule has 0 saturated heterocycles.